The van der Waals surface area contributed by atoms with Crippen molar-refractivity contribution < 1.29 is 14.3 Å². The lowest BCUT2D eigenvalue weighted by Gasteiger charge is -2.15. The number of halogens is 1. The van der Waals surface area contributed by atoms with Crippen molar-refractivity contribution in [2.24, 2.45) is 0 Å². The van der Waals surface area contributed by atoms with Crippen LogP contribution >= 0.6 is 11.6 Å². The van der Waals surface area contributed by atoms with Crippen molar-refractivity contribution in [3.8, 4) is 11.8 Å². The average Bonchev–Trinajstić information content (AvgIpc) is 3.27. The lowest BCUT2D eigenvalue weighted by atomic mass is 10.1. The molecule has 0 spiro atoms. The summed E-state index contributed by atoms with van der Waals surface area (Å²) in [6.45, 7) is 1.59. The van der Waals surface area contributed by atoms with Crippen molar-refractivity contribution in [2.75, 3.05) is 25.0 Å². The zero-order chi connectivity index (χ0) is 20.6. The molecule has 1 N–H and O–H groups in total. The van der Waals surface area contributed by atoms with Gasteiger partial charge in [-0.05, 0) is 60.9 Å². The minimum Gasteiger partial charge on any atom is -0.484 e. The second kappa shape index (κ2) is 9.76. The fraction of sp³-hybridized carbons (Fsp3) is 0.227. The maximum atomic E-state index is 12.3. The van der Waals surface area contributed by atoms with E-state index in [9.17, 15) is 14.9 Å². The highest BCUT2D eigenvalue weighted by Gasteiger charge is 2.18. The van der Waals surface area contributed by atoms with E-state index in [0.29, 0.717) is 22.0 Å². The van der Waals surface area contributed by atoms with Gasteiger partial charge in [0.15, 0.2) is 6.61 Å². The molecule has 0 bridgehead atoms. The van der Waals surface area contributed by atoms with Crippen LogP contribution in [0, 0.1) is 11.3 Å². The summed E-state index contributed by atoms with van der Waals surface area (Å²) in [6.07, 6.45) is 3.57. The van der Waals surface area contributed by atoms with E-state index in [-0.39, 0.29) is 18.1 Å². The van der Waals surface area contributed by atoms with Gasteiger partial charge in [0.2, 0.25) is 0 Å². The molecule has 1 heterocycles. The number of anilines is 1. The molecule has 2 aromatic carbocycles. The largest absolute Gasteiger partial charge is 0.484 e. The molecule has 1 aliphatic rings. The van der Waals surface area contributed by atoms with Crippen molar-refractivity contribution >= 4 is 35.2 Å². The summed E-state index contributed by atoms with van der Waals surface area (Å²) < 4.78 is 5.54. The molecule has 1 saturated heterocycles. The van der Waals surface area contributed by atoms with Gasteiger partial charge in [-0.1, -0.05) is 23.7 Å². The van der Waals surface area contributed by atoms with Crippen molar-refractivity contribution in [1.29, 1.82) is 5.26 Å². The fourth-order valence-corrected chi connectivity index (χ4v) is 3.04. The number of hydrogen-bond donors (Lipinski definition) is 1. The highest BCUT2D eigenvalue weighted by molar-refractivity contribution is 6.30. The van der Waals surface area contributed by atoms with E-state index in [1.807, 2.05) is 6.07 Å². The quantitative estimate of drug-likeness (QED) is 0.579. The first kappa shape index (κ1) is 20.4. The Labute approximate surface area is 174 Å². The van der Waals surface area contributed by atoms with Crippen molar-refractivity contribution in [3.05, 3.63) is 64.7 Å². The molecule has 29 heavy (non-hydrogen) atoms. The lowest BCUT2D eigenvalue weighted by molar-refractivity contribution is -0.132. The van der Waals surface area contributed by atoms with Gasteiger partial charge in [0.05, 0.1) is 0 Å². The molecule has 6 nitrogen and oxygen atoms in total. The maximum absolute atomic E-state index is 12.3. The van der Waals surface area contributed by atoms with E-state index in [1.165, 1.54) is 6.08 Å². The van der Waals surface area contributed by atoms with Gasteiger partial charge in [0.1, 0.15) is 17.4 Å². The smallest absolute Gasteiger partial charge is 0.266 e. The van der Waals surface area contributed by atoms with E-state index in [0.717, 1.165) is 25.9 Å². The van der Waals surface area contributed by atoms with Crippen molar-refractivity contribution in [3.63, 3.8) is 0 Å². The molecule has 148 valence electrons. The number of carbonyl (C=O) groups is 2. The number of nitrogens with one attached hydrogen (secondary N) is 1. The molecule has 0 unspecified atom stereocenters. The van der Waals surface area contributed by atoms with Gasteiger partial charge in [-0.3, -0.25) is 9.59 Å². The van der Waals surface area contributed by atoms with Crippen LogP contribution in [0.5, 0.6) is 5.75 Å². The summed E-state index contributed by atoms with van der Waals surface area (Å²) in [5, 5.41) is 12.5. The molecule has 0 aliphatic carbocycles. The average molecular weight is 410 g/mol. The molecule has 0 aromatic heterocycles. The van der Waals surface area contributed by atoms with Crippen LogP contribution in [0.1, 0.15) is 18.4 Å². The number of nitriles is 1. The first-order valence-electron chi connectivity index (χ1n) is 9.24. The molecule has 2 amide bonds. The van der Waals surface area contributed by atoms with Crippen LogP contribution in [0.4, 0.5) is 5.69 Å². The number of rotatable bonds is 6. The molecule has 1 fully saturated rings. The van der Waals surface area contributed by atoms with Gasteiger partial charge < -0.3 is 15.0 Å². The highest BCUT2D eigenvalue weighted by atomic mass is 35.5. The molecule has 1 aliphatic heterocycles. The van der Waals surface area contributed by atoms with Crippen LogP contribution in [0.15, 0.2) is 54.1 Å². The standard InChI is InChI=1S/C22H20ClN3O3/c23-18-5-7-19(8-6-18)25-22(28)17(14-24)13-16-3-9-20(10-4-16)29-15-21(27)26-11-1-2-12-26/h3-10,13H,1-2,11-12,15H2,(H,25,28)/b17-13+. The normalized spacial score (nSPS) is 13.7. The number of amides is 2. The Kier molecular flexibility index (Phi) is 6.88. The Hall–Kier alpha value is -3.30. The first-order valence-corrected chi connectivity index (χ1v) is 9.62. The summed E-state index contributed by atoms with van der Waals surface area (Å²) in [6, 6.07) is 15.4. The molecule has 0 radical (unpaired) electrons. The van der Waals surface area contributed by atoms with Crippen LogP contribution in [0.2, 0.25) is 5.02 Å². The van der Waals surface area contributed by atoms with Gasteiger partial charge in [-0.15, -0.1) is 0 Å². The Balaban J connectivity index is 1.59. The van der Waals surface area contributed by atoms with Crippen molar-refractivity contribution in [1.82, 2.24) is 4.90 Å². The van der Waals surface area contributed by atoms with Gasteiger partial charge in [0, 0.05) is 23.8 Å². The molecule has 0 saturated carbocycles. The maximum Gasteiger partial charge on any atom is 0.266 e. The molecular formula is C22H20ClN3O3. The Morgan fingerprint density at radius 1 is 1.10 bits per heavy atom. The first-order chi connectivity index (χ1) is 14.0. The van der Waals surface area contributed by atoms with E-state index in [1.54, 1.807) is 53.4 Å². The van der Waals surface area contributed by atoms with Gasteiger partial charge in [-0.2, -0.15) is 5.26 Å². The topological polar surface area (TPSA) is 82.4 Å². The number of ether oxygens (including phenoxy) is 1. The molecule has 0 atom stereocenters. The summed E-state index contributed by atoms with van der Waals surface area (Å²) in [7, 11) is 0. The van der Waals surface area contributed by atoms with Gasteiger partial charge >= 0.3 is 0 Å². The lowest BCUT2D eigenvalue weighted by Crippen LogP contribution is -2.32. The molecule has 7 heteroatoms. The van der Waals surface area contributed by atoms with Gasteiger partial charge in [-0.25, -0.2) is 0 Å². The van der Waals surface area contributed by atoms with Crippen LogP contribution < -0.4 is 10.1 Å². The third-order valence-corrected chi connectivity index (χ3v) is 4.73. The molecular weight excluding hydrogens is 390 g/mol. The predicted octanol–water partition coefficient (Wildman–Crippen LogP) is 3.89. The van der Waals surface area contributed by atoms with E-state index in [4.69, 9.17) is 16.3 Å². The van der Waals surface area contributed by atoms with Gasteiger partial charge in [0.25, 0.3) is 11.8 Å². The van der Waals surface area contributed by atoms with Crippen LogP contribution in [-0.2, 0) is 9.59 Å². The zero-order valence-corrected chi connectivity index (χ0v) is 16.5. The second-order valence-electron chi connectivity index (χ2n) is 6.58. The van der Waals surface area contributed by atoms with E-state index < -0.39 is 5.91 Å². The Bertz CT molecular complexity index is 941. The Morgan fingerprint density at radius 3 is 2.38 bits per heavy atom. The second-order valence-corrected chi connectivity index (χ2v) is 7.01. The minimum absolute atomic E-state index is 0.00211. The number of hydrogen-bond acceptors (Lipinski definition) is 4. The SMILES string of the molecule is N#C/C(=C\c1ccc(OCC(=O)N2CCCC2)cc1)C(=O)Nc1ccc(Cl)cc1. The highest BCUT2D eigenvalue weighted by Crippen LogP contribution is 2.17. The number of benzene rings is 2. The monoisotopic (exact) mass is 409 g/mol. The number of carbonyl (C=O) groups excluding carboxylic acids is 2. The van der Waals surface area contributed by atoms with Crippen LogP contribution in [0.3, 0.4) is 0 Å². The molecule has 3 rings (SSSR count). The minimum atomic E-state index is -0.508. The predicted molar refractivity (Wildman–Crippen MR) is 111 cm³/mol. The van der Waals surface area contributed by atoms with Crippen molar-refractivity contribution in [2.45, 2.75) is 12.8 Å². The third kappa shape index (κ3) is 5.84. The van der Waals surface area contributed by atoms with Crippen LogP contribution in [-0.4, -0.2) is 36.4 Å². The summed E-state index contributed by atoms with van der Waals surface area (Å²) in [5.41, 5.74) is 1.19. The summed E-state index contributed by atoms with van der Waals surface area (Å²) >= 11 is 5.82. The zero-order valence-electron chi connectivity index (χ0n) is 15.7. The Morgan fingerprint density at radius 2 is 1.76 bits per heavy atom. The van der Waals surface area contributed by atoms with Crippen LogP contribution in [0.25, 0.3) is 6.08 Å². The summed E-state index contributed by atoms with van der Waals surface area (Å²) in [4.78, 5) is 26.1. The van der Waals surface area contributed by atoms with E-state index >= 15 is 0 Å². The fourth-order valence-electron chi connectivity index (χ4n) is 2.91. The summed E-state index contributed by atoms with van der Waals surface area (Å²) in [5.74, 6) is 0.0299. The number of nitrogens with zero attached hydrogens (tertiary/aromatic N) is 2. The number of likely N-dealkylation sites (tertiary alicyclic amines) is 1. The molecule has 2 aromatic rings. The van der Waals surface area contributed by atoms with E-state index in [2.05, 4.69) is 5.32 Å². The third-order valence-electron chi connectivity index (χ3n) is 4.48.